The summed E-state index contributed by atoms with van der Waals surface area (Å²) in [5, 5.41) is 3.67. The number of piperidine rings is 1. The molecule has 9 nitrogen and oxygen atoms in total. The van der Waals surface area contributed by atoms with Crippen LogP contribution in [0.2, 0.25) is 0 Å². The highest BCUT2D eigenvalue weighted by Crippen LogP contribution is 2.22. The van der Waals surface area contributed by atoms with Crippen LogP contribution in [0.1, 0.15) is 29.8 Å². The number of likely N-dealkylation sites (tertiary alicyclic amines) is 1. The molecule has 1 aliphatic rings. The van der Waals surface area contributed by atoms with Crippen molar-refractivity contribution in [3.63, 3.8) is 0 Å². The predicted octanol–water partition coefficient (Wildman–Crippen LogP) is 3.42. The second-order valence-electron chi connectivity index (χ2n) is 8.29. The maximum Gasteiger partial charge on any atom is 0.420 e. The van der Waals surface area contributed by atoms with Crippen LogP contribution in [0.5, 0.6) is 5.75 Å². The van der Waals surface area contributed by atoms with E-state index in [1.54, 1.807) is 48.4 Å². The normalized spacial score (nSPS) is 13.9. The van der Waals surface area contributed by atoms with Crippen LogP contribution in [-0.2, 0) is 11.3 Å². The lowest BCUT2D eigenvalue weighted by molar-refractivity contribution is -0.132. The van der Waals surface area contributed by atoms with Gasteiger partial charge in [0.15, 0.2) is 5.58 Å². The second kappa shape index (κ2) is 9.01. The Morgan fingerprint density at radius 2 is 1.88 bits per heavy atom. The second-order valence-corrected chi connectivity index (χ2v) is 8.29. The molecule has 0 saturated carbocycles. The first-order chi connectivity index (χ1) is 16.5. The van der Waals surface area contributed by atoms with Crippen molar-refractivity contribution in [2.75, 3.05) is 25.5 Å². The lowest BCUT2D eigenvalue weighted by Gasteiger charge is -2.26. The third kappa shape index (κ3) is 4.24. The third-order valence-corrected chi connectivity index (χ3v) is 6.06. The smallest absolute Gasteiger partial charge is 0.420 e. The number of aromatic nitrogens is 2. The van der Waals surface area contributed by atoms with E-state index in [1.807, 2.05) is 12.1 Å². The van der Waals surface area contributed by atoms with Gasteiger partial charge >= 0.3 is 5.76 Å². The number of ether oxygens (including phenoxy) is 1. The van der Waals surface area contributed by atoms with Gasteiger partial charge in [0.1, 0.15) is 18.0 Å². The Labute approximate surface area is 194 Å². The highest BCUT2D eigenvalue weighted by molar-refractivity contribution is 6.04. The first kappa shape index (κ1) is 21.7. The Hall–Kier alpha value is -4.14. The first-order valence-electron chi connectivity index (χ1n) is 11.2. The van der Waals surface area contributed by atoms with E-state index in [9.17, 15) is 14.4 Å². The highest BCUT2D eigenvalue weighted by atomic mass is 16.5. The molecule has 2 amide bonds. The minimum atomic E-state index is -0.601. The molecule has 1 saturated heterocycles. The summed E-state index contributed by atoms with van der Waals surface area (Å²) in [7, 11) is 1.59. The highest BCUT2D eigenvalue weighted by Gasteiger charge is 2.20. The number of fused-ring (bicyclic) bond motifs is 2. The number of amides is 2. The summed E-state index contributed by atoms with van der Waals surface area (Å²) in [4.78, 5) is 44.1. The summed E-state index contributed by atoms with van der Waals surface area (Å²) in [6, 6.07) is 13.8. The van der Waals surface area contributed by atoms with Gasteiger partial charge in [0, 0.05) is 24.2 Å². The molecule has 9 heteroatoms. The fraction of sp³-hybridized carbons (Fsp3) is 0.280. The number of nitrogens with one attached hydrogen (secondary N) is 1. The van der Waals surface area contributed by atoms with Gasteiger partial charge in [-0.15, -0.1) is 0 Å². The van der Waals surface area contributed by atoms with E-state index in [2.05, 4.69) is 10.3 Å². The number of hydrogen-bond donors (Lipinski definition) is 1. The molecule has 0 radical (unpaired) electrons. The van der Waals surface area contributed by atoms with Crippen molar-refractivity contribution in [1.82, 2.24) is 14.5 Å². The predicted molar refractivity (Wildman–Crippen MR) is 127 cm³/mol. The molecule has 5 rings (SSSR count). The van der Waals surface area contributed by atoms with E-state index >= 15 is 0 Å². The van der Waals surface area contributed by atoms with E-state index in [1.165, 1.54) is 4.57 Å². The largest absolute Gasteiger partial charge is 0.497 e. The van der Waals surface area contributed by atoms with Crippen LogP contribution in [0, 0.1) is 0 Å². The fourth-order valence-electron chi connectivity index (χ4n) is 4.22. The average Bonchev–Trinajstić information content (AvgIpc) is 3.18. The molecule has 2 aromatic heterocycles. The molecule has 2 aromatic carbocycles. The van der Waals surface area contributed by atoms with Gasteiger partial charge in [-0.05, 0) is 61.7 Å². The third-order valence-electron chi connectivity index (χ3n) is 6.06. The number of hydrogen-bond acceptors (Lipinski definition) is 6. The quantitative estimate of drug-likeness (QED) is 0.489. The topological polar surface area (TPSA) is 107 Å². The van der Waals surface area contributed by atoms with Gasteiger partial charge < -0.3 is 19.4 Å². The first-order valence-corrected chi connectivity index (χ1v) is 11.2. The Morgan fingerprint density at radius 3 is 2.68 bits per heavy atom. The molecule has 0 aliphatic carbocycles. The molecule has 4 aromatic rings. The molecule has 0 spiro atoms. The van der Waals surface area contributed by atoms with Gasteiger partial charge in [-0.3, -0.25) is 14.2 Å². The van der Waals surface area contributed by atoms with Crippen molar-refractivity contribution < 1.29 is 18.7 Å². The zero-order chi connectivity index (χ0) is 23.7. The van der Waals surface area contributed by atoms with Gasteiger partial charge in [0.25, 0.3) is 5.91 Å². The van der Waals surface area contributed by atoms with Crippen LogP contribution in [0.15, 0.2) is 57.7 Å². The SMILES string of the molecule is COc1ccc2nc(C(=O)Nc3ccc4oc(=O)n(CC(=O)N5CCCCC5)c4c3)ccc2c1. The lowest BCUT2D eigenvalue weighted by Crippen LogP contribution is -2.39. The van der Waals surface area contributed by atoms with Crippen molar-refractivity contribution in [1.29, 1.82) is 0 Å². The number of benzene rings is 2. The standard InChI is InChI=1S/C25H24N4O5/c1-33-18-7-9-19-16(13-18)5-8-20(27-19)24(31)26-17-6-10-22-21(14-17)29(25(32)34-22)15-23(30)28-11-3-2-4-12-28/h5-10,13-14H,2-4,11-12,15H2,1H3,(H,26,31). The van der Waals surface area contributed by atoms with Gasteiger partial charge in [-0.25, -0.2) is 9.78 Å². The Kier molecular flexibility index (Phi) is 5.75. The summed E-state index contributed by atoms with van der Waals surface area (Å²) in [6.07, 6.45) is 3.06. The number of carbonyl (C=O) groups excluding carboxylic acids is 2. The molecule has 34 heavy (non-hydrogen) atoms. The number of carbonyl (C=O) groups is 2. The summed E-state index contributed by atoms with van der Waals surface area (Å²) in [5.41, 5.74) is 2.19. The molecular weight excluding hydrogens is 436 g/mol. The van der Waals surface area contributed by atoms with E-state index in [4.69, 9.17) is 9.15 Å². The Balaban J connectivity index is 1.38. The van der Waals surface area contributed by atoms with Crippen molar-refractivity contribution in [2.24, 2.45) is 0 Å². The number of pyridine rings is 1. The van der Waals surface area contributed by atoms with Crippen LogP contribution in [-0.4, -0.2) is 46.5 Å². The number of anilines is 1. The van der Waals surface area contributed by atoms with Crippen LogP contribution in [0.3, 0.4) is 0 Å². The zero-order valence-corrected chi connectivity index (χ0v) is 18.7. The van der Waals surface area contributed by atoms with E-state index in [0.29, 0.717) is 41.1 Å². The number of rotatable bonds is 5. The summed E-state index contributed by atoms with van der Waals surface area (Å²) in [6.45, 7) is 1.31. The van der Waals surface area contributed by atoms with Gasteiger partial charge in [0.2, 0.25) is 5.91 Å². The van der Waals surface area contributed by atoms with Crippen molar-refractivity contribution in [3.05, 3.63) is 64.8 Å². The monoisotopic (exact) mass is 460 g/mol. The van der Waals surface area contributed by atoms with Crippen molar-refractivity contribution in [2.45, 2.75) is 25.8 Å². The number of methoxy groups -OCH3 is 1. The van der Waals surface area contributed by atoms with Crippen molar-refractivity contribution >= 4 is 39.5 Å². The maximum atomic E-state index is 12.8. The summed E-state index contributed by atoms with van der Waals surface area (Å²) >= 11 is 0. The van der Waals surface area contributed by atoms with E-state index in [0.717, 1.165) is 24.6 Å². The van der Waals surface area contributed by atoms with E-state index in [-0.39, 0.29) is 24.1 Å². The van der Waals surface area contributed by atoms with Crippen LogP contribution in [0.4, 0.5) is 5.69 Å². The van der Waals surface area contributed by atoms with Gasteiger partial charge in [-0.2, -0.15) is 0 Å². The molecule has 1 fully saturated rings. The molecule has 1 aliphatic heterocycles. The number of nitrogens with zero attached hydrogens (tertiary/aromatic N) is 3. The minimum Gasteiger partial charge on any atom is -0.497 e. The van der Waals surface area contributed by atoms with Crippen LogP contribution < -0.4 is 15.8 Å². The fourth-order valence-corrected chi connectivity index (χ4v) is 4.22. The average molecular weight is 460 g/mol. The van der Waals surface area contributed by atoms with Gasteiger partial charge in [-0.1, -0.05) is 6.07 Å². The van der Waals surface area contributed by atoms with E-state index < -0.39 is 5.76 Å². The Morgan fingerprint density at radius 1 is 1.06 bits per heavy atom. The summed E-state index contributed by atoms with van der Waals surface area (Å²) < 4.78 is 11.8. The lowest BCUT2D eigenvalue weighted by atomic mass is 10.1. The molecule has 174 valence electrons. The van der Waals surface area contributed by atoms with Crippen LogP contribution >= 0.6 is 0 Å². The molecular formula is C25H24N4O5. The minimum absolute atomic E-state index is 0.0983. The zero-order valence-electron chi connectivity index (χ0n) is 18.7. The molecule has 1 N–H and O–H groups in total. The van der Waals surface area contributed by atoms with Crippen molar-refractivity contribution in [3.8, 4) is 5.75 Å². The molecule has 0 atom stereocenters. The maximum absolute atomic E-state index is 12.8. The number of oxazole rings is 1. The van der Waals surface area contributed by atoms with Crippen LogP contribution in [0.25, 0.3) is 22.0 Å². The summed E-state index contributed by atoms with van der Waals surface area (Å²) in [5.74, 6) is -0.394. The molecule has 3 heterocycles. The molecule has 0 unspecified atom stereocenters. The van der Waals surface area contributed by atoms with Gasteiger partial charge in [0.05, 0.1) is 18.1 Å². The Bertz CT molecular complexity index is 1450. The molecule has 0 bridgehead atoms.